The molecule has 3 rings (SSSR count). The van der Waals surface area contributed by atoms with Crippen LogP contribution in [0.3, 0.4) is 0 Å². The molecule has 0 bridgehead atoms. The van der Waals surface area contributed by atoms with Crippen molar-refractivity contribution in [2.75, 3.05) is 19.5 Å². The minimum absolute atomic E-state index is 0.287. The zero-order valence-corrected chi connectivity index (χ0v) is 11.3. The van der Waals surface area contributed by atoms with Gasteiger partial charge in [-0.3, -0.25) is 0 Å². The molecule has 5 heteroatoms. The van der Waals surface area contributed by atoms with Crippen molar-refractivity contribution in [3.05, 3.63) is 18.2 Å². The van der Waals surface area contributed by atoms with Gasteiger partial charge in [-0.1, -0.05) is 0 Å². The quantitative estimate of drug-likeness (QED) is 0.918. The first-order valence-corrected chi connectivity index (χ1v) is 6.60. The molecule has 0 saturated carbocycles. The summed E-state index contributed by atoms with van der Waals surface area (Å²) < 4.78 is 12.9. The molecule has 1 aliphatic rings. The number of hydrogen-bond acceptors (Lipinski definition) is 4. The van der Waals surface area contributed by atoms with E-state index in [0.29, 0.717) is 11.9 Å². The van der Waals surface area contributed by atoms with Crippen LogP contribution in [-0.2, 0) is 11.3 Å². The summed E-state index contributed by atoms with van der Waals surface area (Å²) in [6.45, 7) is 3.82. The summed E-state index contributed by atoms with van der Waals surface area (Å²) in [6.07, 6.45) is 1.37. The SMILES string of the molecule is COc1ccc2c(c1)nc(N)n2CC1CCOC1C. The van der Waals surface area contributed by atoms with Crippen molar-refractivity contribution in [1.82, 2.24) is 9.55 Å². The first-order valence-electron chi connectivity index (χ1n) is 6.60. The first-order chi connectivity index (χ1) is 9.19. The normalized spacial score (nSPS) is 23.1. The maximum Gasteiger partial charge on any atom is 0.201 e. The third kappa shape index (κ3) is 2.14. The zero-order valence-electron chi connectivity index (χ0n) is 11.3. The largest absolute Gasteiger partial charge is 0.497 e. The highest BCUT2D eigenvalue weighted by atomic mass is 16.5. The number of imidazole rings is 1. The Morgan fingerprint density at radius 3 is 3.05 bits per heavy atom. The van der Waals surface area contributed by atoms with Crippen LogP contribution in [-0.4, -0.2) is 29.4 Å². The predicted octanol–water partition coefficient (Wildman–Crippen LogP) is 2.05. The Labute approximate surface area is 112 Å². The number of aromatic nitrogens is 2. The van der Waals surface area contributed by atoms with E-state index >= 15 is 0 Å². The van der Waals surface area contributed by atoms with Gasteiger partial charge < -0.3 is 19.8 Å². The molecule has 0 aliphatic carbocycles. The lowest BCUT2D eigenvalue weighted by molar-refractivity contribution is 0.102. The molecule has 1 aromatic carbocycles. The van der Waals surface area contributed by atoms with Crippen molar-refractivity contribution < 1.29 is 9.47 Å². The molecule has 0 spiro atoms. The molecular weight excluding hydrogens is 242 g/mol. The number of nitrogens with zero attached hydrogens (tertiary/aromatic N) is 2. The maximum absolute atomic E-state index is 6.04. The van der Waals surface area contributed by atoms with Crippen molar-refractivity contribution in [2.45, 2.75) is 26.0 Å². The molecule has 5 nitrogen and oxygen atoms in total. The van der Waals surface area contributed by atoms with Crippen LogP contribution in [0.15, 0.2) is 18.2 Å². The average Bonchev–Trinajstić information content (AvgIpc) is 2.94. The number of fused-ring (bicyclic) bond motifs is 1. The van der Waals surface area contributed by atoms with Crippen molar-refractivity contribution in [2.24, 2.45) is 5.92 Å². The summed E-state index contributed by atoms with van der Waals surface area (Å²) in [5, 5.41) is 0. The average molecular weight is 261 g/mol. The summed E-state index contributed by atoms with van der Waals surface area (Å²) in [7, 11) is 1.65. The number of hydrogen-bond donors (Lipinski definition) is 1. The van der Waals surface area contributed by atoms with Gasteiger partial charge in [0.25, 0.3) is 0 Å². The smallest absolute Gasteiger partial charge is 0.201 e. The lowest BCUT2D eigenvalue weighted by Crippen LogP contribution is -2.18. The van der Waals surface area contributed by atoms with Crippen LogP contribution in [0.25, 0.3) is 11.0 Å². The summed E-state index contributed by atoms with van der Waals surface area (Å²) in [5.41, 5.74) is 7.97. The molecule has 1 saturated heterocycles. The third-order valence-corrected chi connectivity index (χ3v) is 3.94. The molecule has 0 radical (unpaired) electrons. The first kappa shape index (κ1) is 12.3. The van der Waals surface area contributed by atoms with Gasteiger partial charge in [0.15, 0.2) is 0 Å². The monoisotopic (exact) mass is 261 g/mol. The van der Waals surface area contributed by atoms with Crippen LogP contribution in [0.2, 0.25) is 0 Å². The summed E-state index contributed by atoms with van der Waals surface area (Å²) in [6, 6.07) is 5.86. The Bertz CT molecular complexity index is 594. The predicted molar refractivity (Wildman–Crippen MR) is 74.2 cm³/mol. The van der Waals surface area contributed by atoms with Crippen molar-refractivity contribution >= 4 is 17.0 Å². The molecule has 1 aromatic heterocycles. The molecule has 2 atom stereocenters. The molecule has 1 aliphatic heterocycles. The van der Waals surface area contributed by atoms with E-state index in [4.69, 9.17) is 15.2 Å². The Hall–Kier alpha value is -1.75. The second-order valence-corrected chi connectivity index (χ2v) is 5.06. The molecule has 2 N–H and O–H groups in total. The van der Waals surface area contributed by atoms with Crippen LogP contribution in [0.1, 0.15) is 13.3 Å². The Morgan fingerprint density at radius 2 is 2.37 bits per heavy atom. The van der Waals surface area contributed by atoms with E-state index in [1.54, 1.807) is 7.11 Å². The Balaban J connectivity index is 1.96. The second kappa shape index (κ2) is 4.74. The lowest BCUT2D eigenvalue weighted by Gasteiger charge is -2.16. The van der Waals surface area contributed by atoms with Gasteiger partial charge in [0, 0.05) is 25.1 Å². The topological polar surface area (TPSA) is 62.3 Å². The van der Waals surface area contributed by atoms with E-state index in [0.717, 1.165) is 36.4 Å². The zero-order chi connectivity index (χ0) is 13.4. The molecule has 2 aromatic rings. The number of ether oxygens (including phenoxy) is 2. The minimum Gasteiger partial charge on any atom is -0.497 e. The summed E-state index contributed by atoms with van der Waals surface area (Å²) >= 11 is 0. The molecule has 1 fully saturated rings. The van der Waals surface area contributed by atoms with Gasteiger partial charge in [-0.2, -0.15) is 0 Å². The van der Waals surface area contributed by atoms with Crippen LogP contribution in [0.4, 0.5) is 5.95 Å². The van der Waals surface area contributed by atoms with Crippen LogP contribution < -0.4 is 10.5 Å². The minimum atomic E-state index is 0.287. The molecule has 2 heterocycles. The molecular formula is C14H19N3O2. The van der Waals surface area contributed by atoms with Gasteiger partial charge in [-0.25, -0.2) is 4.98 Å². The third-order valence-electron chi connectivity index (χ3n) is 3.94. The highest BCUT2D eigenvalue weighted by Gasteiger charge is 2.25. The van der Waals surface area contributed by atoms with E-state index < -0.39 is 0 Å². The van der Waals surface area contributed by atoms with Gasteiger partial charge in [0.05, 0.1) is 24.2 Å². The molecule has 19 heavy (non-hydrogen) atoms. The Morgan fingerprint density at radius 1 is 1.53 bits per heavy atom. The van der Waals surface area contributed by atoms with Crippen LogP contribution in [0.5, 0.6) is 5.75 Å². The number of anilines is 1. The van der Waals surface area contributed by atoms with E-state index in [-0.39, 0.29) is 6.10 Å². The number of rotatable bonds is 3. The van der Waals surface area contributed by atoms with Crippen LogP contribution >= 0.6 is 0 Å². The van der Waals surface area contributed by atoms with E-state index in [1.165, 1.54) is 0 Å². The number of benzene rings is 1. The van der Waals surface area contributed by atoms with Gasteiger partial charge in [-0.15, -0.1) is 0 Å². The second-order valence-electron chi connectivity index (χ2n) is 5.06. The highest BCUT2D eigenvalue weighted by molar-refractivity contribution is 5.79. The molecule has 2 unspecified atom stereocenters. The van der Waals surface area contributed by atoms with Gasteiger partial charge in [0.2, 0.25) is 5.95 Å². The van der Waals surface area contributed by atoms with Gasteiger partial charge >= 0.3 is 0 Å². The van der Waals surface area contributed by atoms with Crippen molar-refractivity contribution in [3.8, 4) is 5.75 Å². The summed E-state index contributed by atoms with van der Waals surface area (Å²) in [5.74, 6) is 1.86. The fourth-order valence-corrected chi connectivity index (χ4v) is 2.70. The van der Waals surface area contributed by atoms with Crippen LogP contribution in [0, 0.1) is 5.92 Å². The Kier molecular flexibility index (Phi) is 3.06. The van der Waals surface area contributed by atoms with E-state index in [9.17, 15) is 0 Å². The van der Waals surface area contributed by atoms with Crippen molar-refractivity contribution in [3.63, 3.8) is 0 Å². The molecule has 102 valence electrons. The number of nitrogen functional groups attached to an aromatic ring is 1. The fraction of sp³-hybridized carbons (Fsp3) is 0.500. The van der Waals surface area contributed by atoms with Crippen molar-refractivity contribution in [1.29, 1.82) is 0 Å². The van der Waals surface area contributed by atoms with Gasteiger partial charge in [-0.05, 0) is 25.5 Å². The van der Waals surface area contributed by atoms with Gasteiger partial charge in [0.1, 0.15) is 5.75 Å². The standard InChI is InChI=1S/C14H19N3O2/c1-9-10(5-6-19-9)8-17-13-4-3-11(18-2)7-12(13)16-14(17)15/h3-4,7,9-10H,5-6,8H2,1-2H3,(H2,15,16). The highest BCUT2D eigenvalue weighted by Crippen LogP contribution is 2.27. The number of nitrogens with two attached hydrogens (primary N) is 1. The van der Waals surface area contributed by atoms with E-state index in [1.807, 2.05) is 18.2 Å². The maximum atomic E-state index is 6.04. The molecule has 0 amide bonds. The lowest BCUT2D eigenvalue weighted by atomic mass is 10.0. The fourth-order valence-electron chi connectivity index (χ4n) is 2.70. The van der Waals surface area contributed by atoms with E-state index in [2.05, 4.69) is 16.5 Å². The number of methoxy groups -OCH3 is 1. The summed E-state index contributed by atoms with van der Waals surface area (Å²) in [4.78, 5) is 4.41.